The van der Waals surface area contributed by atoms with Crippen LogP contribution >= 0.6 is 11.3 Å². The van der Waals surface area contributed by atoms with E-state index in [4.69, 9.17) is 13.9 Å². The number of rotatable bonds is 5. The number of thiophene rings is 1. The molecule has 0 radical (unpaired) electrons. The first-order valence-corrected chi connectivity index (χ1v) is 19.1. The van der Waals surface area contributed by atoms with Crippen molar-refractivity contribution in [3.8, 4) is 55.7 Å². The van der Waals surface area contributed by atoms with Crippen molar-refractivity contribution >= 4 is 49.7 Å². The molecule has 3 heterocycles. The summed E-state index contributed by atoms with van der Waals surface area (Å²) in [5, 5.41) is 3.18. The van der Waals surface area contributed by atoms with Crippen LogP contribution in [0.15, 0.2) is 168 Å². The maximum atomic E-state index is 6.82. The standard InChI is InChI=1S/C49H33NO3S/c1-49(2)39-19-8-6-15-35(39)36-28-27-33(29-40(36)49)50(32-25-23-30(24-26-32)34-17-12-18-38-37-16-7-9-20-41(37)51-44(34)38)48-46-45(47(54-48)31-13-4-3-5-14-31)52-42-21-10-11-22-43(42)53-46/h3-29H,1-2H3. The van der Waals surface area contributed by atoms with Crippen LogP contribution in [0.1, 0.15) is 25.0 Å². The molecule has 0 saturated carbocycles. The molecule has 4 nitrogen and oxygen atoms in total. The highest BCUT2D eigenvalue weighted by atomic mass is 32.1. The molecule has 0 unspecified atom stereocenters. The summed E-state index contributed by atoms with van der Waals surface area (Å²) in [6.07, 6.45) is 0. The van der Waals surface area contributed by atoms with Crippen LogP contribution in [0.25, 0.3) is 54.6 Å². The Morgan fingerprint density at radius 2 is 1.15 bits per heavy atom. The van der Waals surface area contributed by atoms with Crippen LogP contribution in [0, 0.1) is 0 Å². The first-order chi connectivity index (χ1) is 26.5. The Morgan fingerprint density at radius 3 is 1.98 bits per heavy atom. The maximum absolute atomic E-state index is 6.82. The van der Waals surface area contributed by atoms with Gasteiger partial charge < -0.3 is 13.9 Å². The fourth-order valence-electron chi connectivity index (χ4n) is 8.32. The number of ether oxygens (including phenoxy) is 2. The number of hydrogen-bond donors (Lipinski definition) is 0. The Labute approximate surface area is 317 Å². The summed E-state index contributed by atoms with van der Waals surface area (Å²) in [5.41, 5.74) is 12.1. The predicted molar refractivity (Wildman–Crippen MR) is 221 cm³/mol. The third-order valence-electron chi connectivity index (χ3n) is 11.0. The number of benzene rings is 7. The molecule has 0 saturated heterocycles. The Bertz CT molecular complexity index is 2920. The van der Waals surface area contributed by atoms with E-state index >= 15 is 0 Å². The van der Waals surface area contributed by atoms with E-state index in [1.807, 2.05) is 42.5 Å². The molecule has 11 rings (SSSR count). The molecule has 0 spiro atoms. The minimum Gasteiger partial charge on any atom is -0.455 e. The number of anilines is 3. The number of fused-ring (bicyclic) bond motifs is 8. The zero-order valence-corrected chi connectivity index (χ0v) is 30.5. The predicted octanol–water partition coefficient (Wildman–Crippen LogP) is 14.7. The van der Waals surface area contributed by atoms with E-state index in [0.717, 1.165) is 65.6 Å². The third kappa shape index (κ3) is 4.62. The third-order valence-corrected chi connectivity index (χ3v) is 12.2. The SMILES string of the molecule is CC1(C)c2ccccc2-c2ccc(N(c3ccc(-c4cccc5c4oc4ccccc45)cc3)c3sc(-c4ccccc4)c4c3Oc3ccccc3O4)cc21. The maximum Gasteiger partial charge on any atom is 0.205 e. The van der Waals surface area contributed by atoms with Crippen molar-refractivity contribution in [1.82, 2.24) is 0 Å². The summed E-state index contributed by atoms with van der Waals surface area (Å²) in [6.45, 7) is 4.65. The summed E-state index contributed by atoms with van der Waals surface area (Å²) < 4.78 is 20.0. The van der Waals surface area contributed by atoms with Gasteiger partial charge >= 0.3 is 0 Å². The molecule has 0 N–H and O–H groups in total. The first kappa shape index (κ1) is 31.0. The average molecular weight is 716 g/mol. The summed E-state index contributed by atoms with van der Waals surface area (Å²) in [5.74, 6) is 2.84. The second-order valence-electron chi connectivity index (χ2n) is 14.5. The minimum atomic E-state index is -0.161. The molecule has 9 aromatic rings. The second kappa shape index (κ2) is 11.7. The average Bonchev–Trinajstić information content (AvgIpc) is 3.85. The molecule has 54 heavy (non-hydrogen) atoms. The largest absolute Gasteiger partial charge is 0.455 e. The van der Waals surface area contributed by atoms with Crippen molar-refractivity contribution in [2.45, 2.75) is 19.3 Å². The van der Waals surface area contributed by atoms with Crippen molar-refractivity contribution < 1.29 is 13.9 Å². The van der Waals surface area contributed by atoms with Crippen molar-refractivity contribution in [2.24, 2.45) is 0 Å². The van der Waals surface area contributed by atoms with Crippen LogP contribution in [0.3, 0.4) is 0 Å². The van der Waals surface area contributed by atoms with Crippen LogP contribution in [0.4, 0.5) is 16.4 Å². The second-order valence-corrected chi connectivity index (χ2v) is 15.5. The molecule has 7 aromatic carbocycles. The van der Waals surface area contributed by atoms with E-state index < -0.39 is 0 Å². The van der Waals surface area contributed by atoms with Gasteiger partial charge in [0.05, 0.1) is 4.88 Å². The van der Waals surface area contributed by atoms with E-state index in [1.54, 1.807) is 11.3 Å². The Morgan fingerprint density at radius 1 is 0.500 bits per heavy atom. The van der Waals surface area contributed by atoms with Gasteiger partial charge in [-0.2, -0.15) is 0 Å². The van der Waals surface area contributed by atoms with Gasteiger partial charge in [0.15, 0.2) is 17.2 Å². The van der Waals surface area contributed by atoms with Crippen LogP contribution in [0.5, 0.6) is 23.0 Å². The van der Waals surface area contributed by atoms with Crippen LogP contribution in [-0.2, 0) is 5.41 Å². The smallest absolute Gasteiger partial charge is 0.205 e. The molecule has 0 atom stereocenters. The van der Waals surface area contributed by atoms with E-state index in [1.165, 1.54) is 22.3 Å². The fourth-order valence-corrected chi connectivity index (χ4v) is 9.52. The van der Waals surface area contributed by atoms with Crippen molar-refractivity contribution in [1.29, 1.82) is 0 Å². The molecule has 0 bridgehead atoms. The molecular formula is C49H33NO3S. The van der Waals surface area contributed by atoms with E-state index in [-0.39, 0.29) is 5.41 Å². The van der Waals surface area contributed by atoms with Gasteiger partial charge in [0, 0.05) is 33.1 Å². The first-order valence-electron chi connectivity index (χ1n) is 18.2. The van der Waals surface area contributed by atoms with Gasteiger partial charge in [-0.15, -0.1) is 11.3 Å². The Kier molecular flexibility index (Phi) is 6.73. The lowest BCUT2D eigenvalue weighted by atomic mass is 9.82. The molecule has 1 aliphatic carbocycles. The van der Waals surface area contributed by atoms with Gasteiger partial charge in [0.25, 0.3) is 0 Å². The Hall–Kier alpha value is -6.56. The highest BCUT2D eigenvalue weighted by molar-refractivity contribution is 7.20. The lowest BCUT2D eigenvalue weighted by Crippen LogP contribution is -2.16. The van der Waals surface area contributed by atoms with E-state index in [9.17, 15) is 0 Å². The summed E-state index contributed by atoms with van der Waals surface area (Å²) in [4.78, 5) is 3.35. The topological polar surface area (TPSA) is 34.8 Å². The molecule has 258 valence electrons. The van der Waals surface area contributed by atoms with Crippen LogP contribution < -0.4 is 14.4 Å². The van der Waals surface area contributed by atoms with Gasteiger partial charge in [-0.05, 0) is 75.8 Å². The molecule has 2 aliphatic rings. The number of nitrogens with zero attached hydrogens (tertiary/aromatic N) is 1. The van der Waals surface area contributed by atoms with E-state index in [0.29, 0.717) is 17.2 Å². The highest BCUT2D eigenvalue weighted by Gasteiger charge is 2.37. The number of para-hydroxylation sites is 4. The number of furan rings is 1. The lowest BCUT2D eigenvalue weighted by molar-refractivity contribution is 0.364. The van der Waals surface area contributed by atoms with Crippen molar-refractivity contribution in [3.05, 3.63) is 175 Å². The van der Waals surface area contributed by atoms with Gasteiger partial charge in [0.1, 0.15) is 16.2 Å². The van der Waals surface area contributed by atoms with Crippen LogP contribution in [-0.4, -0.2) is 0 Å². The molecule has 2 aromatic heterocycles. The molecular weight excluding hydrogens is 683 g/mol. The van der Waals surface area contributed by atoms with E-state index in [2.05, 4.69) is 140 Å². The molecule has 0 amide bonds. The Balaban J connectivity index is 1.11. The minimum absolute atomic E-state index is 0.161. The summed E-state index contributed by atoms with van der Waals surface area (Å²) in [7, 11) is 0. The van der Waals surface area contributed by atoms with Gasteiger partial charge in [-0.3, -0.25) is 4.90 Å². The zero-order valence-electron chi connectivity index (χ0n) is 29.7. The molecule has 0 fully saturated rings. The number of hydrogen-bond acceptors (Lipinski definition) is 5. The fraction of sp³-hybridized carbons (Fsp3) is 0.0612. The molecule has 5 heteroatoms. The van der Waals surface area contributed by atoms with Crippen molar-refractivity contribution in [2.75, 3.05) is 4.90 Å². The summed E-state index contributed by atoms with van der Waals surface area (Å²) in [6, 6.07) is 57.4. The molecule has 1 aliphatic heterocycles. The van der Waals surface area contributed by atoms with Gasteiger partial charge in [-0.1, -0.05) is 135 Å². The van der Waals surface area contributed by atoms with Gasteiger partial charge in [-0.25, -0.2) is 0 Å². The van der Waals surface area contributed by atoms with Crippen molar-refractivity contribution in [3.63, 3.8) is 0 Å². The highest BCUT2D eigenvalue weighted by Crippen LogP contribution is 2.62. The quantitative estimate of drug-likeness (QED) is 0.178. The zero-order chi connectivity index (χ0) is 36.0. The lowest BCUT2D eigenvalue weighted by Gasteiger charge is -2.28. The van der Waals surface area contributed by atoms with Gasteiger partial charge in [0.2, 0.25) is 5.75 Å². The summed E-state index contributed by atoms with van der Waals surface area (Å²) >= 11 is 1.68. The normalized spacial score (nSPS) is 13.4. The monoisotopic (exact) mass is 715 g/mol. The van der Waals surface area contributed by atoms with Crippen LogP contribution in [0.2, 0.25) is 0 Å².